The molecule has 0 radical (unpaired) electrons. The molecular weight excluding hydrogens is 495 g/mol. The van der Waals surface area contributed by atoms with Gasteiger partial charge in [0, 0.05) is 28.6 Å². The minimum Gasteiger partial charge on any atom is -0.478 e. The van der Waals surface area contributed by atoms with Gasteiger partial charge in [-0.25, -0.2) is 4.79 Å². The van der Waals surface area contributed by atoms with Crippen molar-refractivity contribution in [1.82, 2.24) is 0 Å². The summed E-state index contributed by atoms with van der Waals surface area (Å²) in [6.45, 7) is 6.83. The number of primary amides is 1. The highest BCUT2D eigenvalue weighted by Crippen LogP contribution is 2.46. The fourth-order valence-corrected chi connectivity index (χ4v) is 5.89. The largest absolute Gasteiger partial charge is 0.478 e. The predicted molar refractivity (Wildman–Crippen MR) is 145 cm³/mol. The number of benzene rings is 3. The van der Waals surface area contributed by atoms with Crippen molar-refractivity contribution in [2.24, 2.45) is 5.73 Å². The summed E-state index contributed by atoms with van der Waals surface area (Å²) < 4.78 is 0. The number of para-hydroxylation sites is 1. The number of nitrogens with two attached hydrogens (primary N) is 1. The first-order chi connectivity index (χ1) is 17.0. The number of anilines is 1. The molecule has 0 saturated carbocycles. The number of carbonyl (C=O) groups excluding carboxylic acids is 1. The Morgan fingerprint density at radius 1 is 0.972 bits per heavy atom. The molecular formula is C29H30Cl2N2O3. The van der Waals surface area contributed by atoms with E-state index in [9.17, 15) is 14.7 Å². The molecule has 7 heteroatoms. The highest BCUT2D eigenvalue weighted by Gasteiger charge is 2.49. The summed E-state index contributed by atoms with van der Waals surface area (Å²) in [5.41, 5.74) is 8.55. The average molecular weight is 525 g/mol. The third kappa shape index (κ3) is 4.58. The number of halogens is 2. The van der Waals surface area contributed by atoms with Gasteiger partial charge in [-0.2, -0.15) is 0 Å². The monoisotopic (exact) mass is 524 g/mol. The summed E-state index contributed by atoms with van der Waals surface area (Å²) in [7, 11) is 0. The molecule has 1 aliphatic heterocycles. The molecule has 5 nitrogen and oxygen atoms in total. The smallest absolute Gasteiger partial charge is 0.337 e. The van der Waals surface area contributed by atoms with E-state index in [0.717, 1.165) is 23.1 Å². The van der Waals surface area contributed by atoms with Gasteiger partial charge in [-0.1, -0.05) is 86.4 Å². The molecule has 1 heterocycles. The van der Waals surface area contributed by atoms with Crippen LogP contribution in [0.25, 0.3) is 0 Å². The fraction of sp³-hybridized carbons (Fsp3) is 0.310. The lowest BCUT2D eigenvalue weighted by Gasteiger charge is -2.47. The van der Waals surface area contributed by atoms with E-state index in [0.29, 0.717) is 34.3 Å². The van der Waals surface area contributed by atoms with Crippen LogP contribution in [0, 0.1) is 0 Å². The van der Waals surface area contributed by atoms with Crippen molar-refractivity contribution < 1.29 is 14.7 Å². The lowest BCUT2D eigenvalue weighted by molar-refractivity contribution is -0.123. The van der Waals surface area contributed by atoms with Gasteiger partial charge in [0.05, 0.1) is 11.3 Å². The average Bonchev–Trinajstić information content (AvgIpc) is 2.82. The van der Waals surface area contributed by atoms with Crippen LogP contribution in [-0.4, -0.2) is 23.5 Å². The number of carbonyl (C=O) groups is 2. The maximum atomic E-state index is 13.7. The van der Waals surface area contributed by atoms with Crippen LogP contribution in [0.4, 0.5) is 5.69 Å². The van der Waals surface area contributed by atoms with Crippen molar-refractivity contribution in [1.29, 1.82) is 0 Å². The molecule has 1 atom stereocenters. The molecule has 0 aliphatic carbocycles. The third-order valence-electron chi connectivity index (χ3n) is 6.97. The second kappa shape index (κ2) is 9.79. The van der Waals surface area contributed by atoms with Crippen LogP contribution in [0.5, 0.6) is 0 Å². The SMILES string of the molecule is CC(C)(C)c1ccc(CC(C(N)=O)(c2c(Cl)cccc2Cl)N2CCCc3cccc(C(=O)O)c32)cc1. The number of carboxylic acid groups (broad SMARTS) is 1. The summed E-state index contributed by atoms with van der Waals surface area (Å²) >= 11 is 13.4. The van der Waals surface area contributed by atoms with Gasteiger partial charge in [0.2, 0.25) is 5.91 Å². The number of aryl methyl sites for hydroxylation is 1. The van der Waals surface area contributed by atoms with E-state index in [1.165, 1.54) is 0 Å². The van der Waals surface area contributed by atoms with Crippen LogP contribution in [-0.2, 0) is 28.6 Å². The van der Waals surface area contributed by atoms with E-state index < -0.39 is 17.4 Å². The molecule has 36 heavy (non-hydrogen) atoms. The third-order valence-corrected chi connectivity index (χ3v) is 7.60. The van der Waals surface area contributed by atoms with Gasteiger partial charge in [0.15, 0.2) is 5.54 Å². The van der Waals surface area contributed by atoms with Crippen LogP contribution < -0.4 is 10.6 Å². The van der Waals surface area contributed by atoms with Crippen LogP contribution in [0.3, 0.4) is 0 Å². The second-order valence-electron chi connectivity index (χ2n) is 10.3. The van der Waals surface area contributed by atoms with Gasteiger partial charge in [-0.15, -0.1) is 0 Å². The first kappa shape index (κ1) is 26.1. The van der Waals surface area contributed by atoms with Gasteiger partial charge >= 0.3 is 5.97 Å². The number of amides is 1. The minimum atomic E-state index is -1.51. The number of hydrogen-bond acceptors (Lipinski definition) is 3. The van der Waals surface area contributed by atoms with Crippen molar-refractivity contribution in [3.63, 3.8) is 0 Å². The first-order valence-corrected chi connectivity index (χ1v) is 12.7. The molecule has 1 aliphatic rings. The Morgan fingerprint density at radius 2 is 1.58 bits per heavy atom. The predicted octanol–water partition coefficient (Wildman–Crippen LogP) is 6.37. The number of rotatable bonds is 6. The highest BCUT2D eigenvalue weighted by molar-refractivity contribution is 6.36. The molecule has 3 N–H and O–H groups in total. The maximum absolute atomic E-state index is 13.7. The lowest BCUT2D eigenvalue weighted by atomic mass is 9.78. The topological polar surface area (TPSA) is 83.6 Å². The summed E-state index contributed by atoms with van der Waals surface area (Å²) in [5, 5.41) is 10.6. The Kier molecular flexibility index (Phi) is 7.09. The van der Waals surface area contributed by atoms with Gasteiger partial charge in [0.25, 0.3) is 0 Å². The Balaban J connectivity index is 2.01. The summed E-state index contributed by atoms with van der Waals surface area (Å²) in [6, 6.07) is 18.3. The second-order valence-corrected chi connectivity index (χ2v) is 11.1. The Bertz CT molecular complexity index is 1290. The molecule has 0 saturated heterocycles. The Morgan fingerprint density at radius 3 is 2.14 bits per heavy atom. The van der Waals surface area contributed by atoms with Crippen molar-refractivity contribution in [3.05, 3.63) is 98.5 Å². The molecule has 188 valence electrons. The van der Waals surface area contributed by atoms with Crippen LogP contribution in [0.15, 0.2) is 60.7 Å². The fourth-order valence-electron chi connectivity index (χ4n) is 5.18. The van der Waals surface area contributed by atoms with E-state index in [1.807, 2.05) is 35.2 Å². The standard InChI is InChI=1S/C29H30Cl2N2O3/c1-28(2,3)20-14-12-18(13-15-20)17-29(27(32)36,24-22(30)10-5-11-23(24)31)33-16-6-8-19-7-4-9-21(25(19)33)26(34)35/h4-5,7,9-15H,6,8,16-17H2,1-3H3,(H2,32,36)(H,34,35). The molecule has 1 unspecified atom stereocenters. The van der Waals surface area contributed by atoms with Gasteiger partial charge < -0.3 is 15.7 Å². The highest BCUT2D eigenvalue weighted by atomic mass is 35.5. The zero-order valence-corrected chi connectivity index (χ0v) is 22.2. The molecule has 0 aromatic heterocycles. The minimum absolute atomic E-state index is 0.0342. The van der Waals surface area contributed by atoms with E-state index in [2.05, 4.69) is 20.8 Å². The van der Waals surface area contributed by atoms with Crippen LogP contribution in [0.2, 0.25) is 10.0 Å². The molecule has 3 aromatic rings. The molecule has 4 rings (SSSR count). The number of aromatic carboxylic acids is 1. The lowest BCUT2D eigenvalue weighted by Crippen LogP contribution is -2.59. The van der Waals surface area contributed by atoms with Gasteiger partial charge in [0.1, 0.15) is 0 Å². The molecule has 0 fully saturated rings. The number of fused-ring (bicyclic) bond motifs is 1. The van der Waals surface area contributed by atoms with E-state index >= 15 is 0 Å². The Labute approximate surface area is 221 Å². The number of hydrogen-bond donors (Lipinski definition) is 2. The number of nitrogens with zero attached hydrogens (tertiary/aromatic N) is 1. The first-order valence-electron chi connectivity index (χ1n) is 11.9. The summed E-state index contributed by atoms with van der Waals surface area (Å²) in [4.78, 5) is 27.8. The number of carboxylic acids is 1. The van der Waals surface area contributed by atoms with Crippen molar-refractivity contribution in [2.45, 2.75) is 51.0 Å². The van der Waals surface area contributed by atoms with Gasteiger partial charge in [-0.3, -0.25) is 4.79 Å². The molecule has 0 spiro atoms. The van der Waals surface area contributed by atoms with E-state index in [4.69, 9.17) is 28.9 Å². The molecule has 3 aromatic carbocycles. The summed E-state index contributed by atoms with van der Waals surface area (Å²) in [6.07, 6.45) is 1.58. The van der Waals surface area contributed by atoms with Gasteiger partial charge in [-0.05, 0) is 53.1 Å². The zero-order valence-electron chi connectivity index (χ0n) is 20.6. The van der Waals surface area contributed by atoms with Crippen molar-refractivity contribution in [2.75, 3.05) is 11.4 Å². The normalized spacial score (nSPS) is 15.2. The summed E-state index contributed by atoms with van der Waals surface area (Å²) in [5.74, 6) is -1.72. The molecule has 0 bridgehead atoms. The Hall–Kier alpha value is -3.02. The van der Waals surface area contributed by atoms with E-state index in [1.54, 1.807) is 30.3 Å². The zero-order chi connectivity index (χ0) is 26.3. The molecule has 1 amide bonds. The van der Waals surface area contributed by atoms with Crippen LogP contribution >= 0.6 is 23.2 Å². The van der Waals surface area contributed by atoms with Crippen molar-refractivity contribution >= 4 is 40.8 Å². The quantitative estimate of drug-likeness (QED) is 0.392. The van der Waals surface area contributed by atoms with Crippen molar-refractivity contribution in [3.8, 4) is 0 Å². The van der Waals surface area contributed by atoms with E-state index in [-0.39, 0.29) is 17.4 Å². The van der Waals surface area contributed by atoms with Crippen LogP contribution in [0.1, 0.15) is 59.8 Å². The maximum Gasteiger partial charge on any atom is 0.337 e.